The van der Waals surface area contributed by atoms with Crippen LogP contribution >= 0.6 is 27.5 Å². The fraction of sp³-hybridized carbons (Fsp3) is 0.125. The highest BCUT2D eigenvalue weighted by Gasteiger charge is 2.05. The number of para-hydroxylation sites is 1. The van der Waals surface area contributed by atoms with Crippen LogP contribution < -0.4 is 4.74 Å². The third-order valence-electron chi connectivity index (χ3n) is 3.03. The van der Waals surface area contributed by atoms with E-state index in [0.717, 1.165) is 26.5 Å². The Morgan fingerprint density at radius 1 is 1.14 bits per heavy atom. The molecule has 0 aliphatic rings. The zero-order chi connectivity index (χ0) is 15.4. The average Bonchev–Trinajstić information content (AvgIpc) is 2.94. The van der Waals surface area contributed by atoms with Gasteiger partial charge in [0.2, 0.25) is 0 Å². The molecule has 0 atom stereocenters. The van der Waals surface area contributed by atoms with E-state index in [-0.39, 0.29) is 0 Å². The largest absolute Gasteiger partial charge is 0.486 e. The molecule has 1 heterocycles. The third-order valence-corrected chi connectivity index (χ3v) is 3.92. The van der Waals surface area contributed by atoms with Crippen LogP contribution in [0.3, 0.4) is 0 Å². The molecule has 0 fully saturated rings. The van der Waals surface area contributed by atoms with E-state index in [1.165, 1.54) is 0 Å². The second kappa shape index (κ2) is 6.94. The highest BCUT2D eigenvalue weighted by Crippen LogP contribution is 2.24. The molecule has 112 valence electrons. The standard InChI is InChI=1S/C16H13BrClN3O/c17-15-6-1-2-7-16(15)22-11-14-10-21(20-19-14)9-12-4-3-5-13(18)8-12/h1-8,10H,9,11H2. The molecule has 3 aromatic rings. The fourth-order valence-corrected chi connectivity index (χ4v) is 2.63. The monoisotopic (exact) mass is 377 g/mol. The number of rotatable bonds is 5. The Balaban J connectivity index is 1.63. The zero-order valence-electron chi connectivity index (χ0n) is 11.6. The minimum absolute atomic E-state index is 0.373. The number of ether oxygens (including phenoxy) is 1. The number of benzene rings is 2. The summed E-state index contributed by atoms with van der Waals surface area (Å²) in [5, 5.41) is 8.94. The van der Waals surface area contributed by atoms with Gasteiger partial charge in [-0.3, -0.25) is 0 Å². The molecule has 0 amide bonds. The molecule has 0 aliphatic heterocycles. The molecule has 0 unspecified atom stereocenters. The van der Waals surface area contributed by atoms with Crippen LogP contribution in [0.5, 0.6) is 5.75 Å². The van der Waals surface area contributed by atoms with Gasteiger partial charge in [-0.1, -0.05) is 41.1 Å². The number of aromatic nitrogens is 3. The van der Waals surface area contributed by atoms with Crippen molar-refractivity contribution < 1.29 is 4.74 Å². The van der Waals surface area contributed by atoms with Crippen LogP contribution in [0.1, 0.15) is 11.3 Å². The fourth-order valence-electron chi connectivity index (χ4n) is 2.02. The van der Waals surface area contributed by atoms with Crippen LogP contribution in [0.4, 0.5) is 0 Å². The first-order chi connectivity index (χ1) is 10.7. The summed E-state index contributed by atoms with van der Waals surface area (Å²) in [6.45, 7) is 1.00. The summed E-state index contributed by atoms with van der Waals surface area (Å²) in [6, 6.07) is 15.4. The average molecular weight is 379 g/mol. The highest BCUT2D eigenvalue weighted by atomic mass is 79.9. The van der Waals surface area contributed by atoms with Crippen molar-refractivity contribution in [3.63, 3.8) is 0 Å². The molecular weight excluding hydrogens is 366 g/mol. The van der Waals surface area contributed by atoms with E-state index in [4.69, 9.17) is 16.3 Å². The predicted octanol–water partition coefficient (Wildman–Crippen LogP) is 4.32. The maximum absolute atomic E-state index is 5.98. The van der Waals surface area contributed by atoms with Gasteiger partial charge in [0.05, 0.1) is 17.2 Å². The number of hydrogen-bond acceptors (Lipinski definition) is 3. The molecule has 0 radical (unpaired) electrons. The first kappa shape index (κ1) is 15.1. The van der Waals surface area contributed by atoms with Gasteiger partial charge in [0.15, 0.2) is 0 Å². The second-order valence-corrected chi connectivity index (χ2v) is 6.05. The second-order valence-electron chi connectivity index (χ2n) is 4.76. The molecular formula is C16H13BrClN3O. The molecule has 22 heavy (non-hydrogen) atoms. The molecule has 6 heteroatoms. The van der Waals surface area contributed by atoms with Gasteiger partial charge < -0.3 is 4.74 Å². The van der Waals surface area contributed by atoms with Crippen LogP contribution in [-0.4, -0.2) is 15.0 Å². The Bertz CT molecular complexity index is 775. The van der Waals surface area contributed by atoms with E-state index in [0.29, 0.717) is 13.2 Å². The molecule has 0 spiro atoms. The van der Waals surface area contributed by atoms with Crippen molar-refractivity contribution in [1.29, 1.82) is 0 Å². The Kier molecular flexibility index (Phi) is 4.75. The van der Waals surface area contributed by atoms with Gasteiger partial charge in [-0.2, -0.15) is 0 Å². The van der Waals surface area contributed by atoms with Gasteiger partial charge in [0, 0.05) is 5.02 Å². The molecule has 0 bridgehead atoms. The van der Waals surface area contributed by atoms with Crippen molar-refractivity contribution in [3.05, 3.63) is 75.5 Å². The minimum atomic E-state index is 0.373. The van der Waals surface area contributed by atoms with Gasteiger partial charge >= 0.3 is 0 Å². The summed E-state index contributed by atoms with van der Waals surface area (Å²) in [6.07, 6.45) is 1.87. The summed E-state index contributed by atoms with van der Waals surface area (Å²) in [4.78, 5) is 0. The summed E-state index contributed by atoms with van der Waals surface area (Å²) in [5.41, 5.74) is 1.86. The molecule has 3 rings (SSSR count). The van der Waals surface area contributed by atoms with E-state index in [9.17, 15) is 0 Å². The highest BCUT2D eigenvalue weighted by molar-refractivity contribution is 9.10. The first-order valence-electron chi connectivity index (χ1n) is 6.71. The van der Waals surface area contributed by atoms with Gasteiger partial charge in [0.1, 0.15) is 18.1 Å². The van der Waals surface area contributed by atoms with E-state index in [1.807, 2.05) is 54.7 Å². The van der Waals surface area contributed by atoms with Gasteiger partial charge in [0.25, 0.3) is 0 Å². The lowest BCUT2D eigenvalue weighted by atomic mass is 10.2. The van der Waals surface area contributed by atoms with Crippen molar-refractivity contribution in [2.24, 2.45) is 0 Å². The zero-order valence-corrected chi connectivity index (χ0v) is 14.0. The SMILES string of the molecule is Clc1cccc(Cn2cc(COc3ccccc3Br)nn2)c1. The van der Waals surface area contributed by atoms with Gasteiger partial charge in [-0.15, -0.1) is 5.10 Å². The normalized spacial score (nSPS) is 10.6. The quantitative estimate of drug-likeness (QED) is 0.664. The third kappa shape index (κ3) is 3.87. The molecule has 1 aromatic heterocycles. The van der Waals surface area contributed by atoms with Crippen molar-refractivity contribution >= 4 is 27.5 Å². The van der Waals surface area contributed by atoms with Crippen LogP contribution in [0, 0.1) is 0 Å². The summed E-state index contributed by atoms with van der Waals surface area (Å²) < 4.78 is 8.41. The van der Waals surface area contributed by atoms with Crippen LogP contribution in [0.2, 0.25) is 5.02 Å². The smallest absolute Gasteiger partial charge is 0.134 e. The van der Waals surface area contributed by atoms with E-state index < -0.39 is 0 Å². The van der Waals surface area contributed by atoms with Crippen molar-refractivity contribution in [1.82, 2.24) is 15.0 Å². The lowest BCUT2D eigenvalue weighted by molar-refractivity contribution is 0.299. The molecule has 0 aliphatic carbocycles. The first-order valence-corrected chi connectivity index (χ1v) is 7.88. The van der Waals surface area contributed by atoms with Gasteiger partial charge in [-0.25, -0.2) is 4.68 Å². The maximum Gasteiger partial charge on any atom is 0.134 e. The number of nitrogens with zero attached hydrogens (tertiary/aromatic N) is 3. The predicted molar refractivity (Wildman–Crippen MR) is 89.1 cm³/mol. The van der Waals surface area contributed by atoms with Crippen LogP contribution in [-0.2, 0) is 13.2 Å². The molecule has 0 saturated carbocycles. The Morgan fingerprint density at radius 3 is 2.82 bits per heavy atom. The van der Waals surface area contributed by atoms with Crippen LogP contribution in [0.15, 0.2) is 59.2 Å². The summed E-state index contributed by atoms with van der Waals surface area (Å²) in [5.74, 6) is 0.784. The summed E-state index contributed by atoms with van der Waals surface area (Å²) in [7, 11) is 0. The lowest BCUT2D eigenvalue weighted by Gasteiger charge is -2.05. The minimum Gasteiger partial charge on any atom is -0.486 e. The Labute approximate surface area is 141 Å². The molecule has 0 N–H and O–H groups in total. The Hall–Kier alpha value is -1.85. The van der Waals surface area contributed by atoms with Crippen molar-refractivity contribution in [2.45, 2.75) is 13.2 Å². The topological polar surface area (TPSA) is 39.9 Å². The number of hydrogen-bond donors (Lipinski definition) is 0. The van der Waals surface area contributed by atoms with E-state index in [2.05, 4.69) is 26.2 Å². The van der Waals surface area contributed by atoms with E-state index in [1.54, 1.807) is 4.68 Å². The molecule has 2 aromatic carbocycles. The van der Waals surface area contributed by atoms with Gasteiger partial charge in [-0.05, 0) is 45.8 Å². The Morgan fingerprint density at radius 2 is 2.00 bits per heavy atom. The van der Waals surface area contributed by atoms with E-state index >= 15 is 0 Å². The van der Waals surface area contributed by atoms with Crippen molar-refractivity contribution in [2.75, 3.05) is 0 Å². The van der Waals surface area contributed by atoms with Crippen LogP contribution in [0.25, 0.3) is 0 Å². The lowest BCUT2D eigenvalue weighted by Crippen LogP contribution is -2.00. The number of halogens is 2. The molecule has 4 nitrogen and oxygen atoms in total. The van der Waals surface area contributed by atoms with Crippen molar-refractivity contribution in [3.8, 4) is 5.75 Å². The molecule has 0 saturated heterocycles. The maximum atomic E-state index is 5.98. The summed E-state index contributed by atoms with van der Waals surface area (Å²) >= 11 is 9.43.